The van der Waals surface area contributed by atoms with Crippen LogP contribution in [0.25, 0.3) is 0 Å². The van der Waals surface area contributed by atoms with Crippen molar-refractivity contribution in [3.63, 3.8) is 0 Å². The smallest absolute Gasteiger partial charge is 0.0236 e. The van der Waals surface area contributed by atoms with Crippen LogP contribution >= 0.6 is 0 Å². The van der Waals surface area contributed by atoms with Crippen molar-refractivity contribution in [2.75, 3.05) is 26.2 Å². The Morgan fingerprint density at radius 2 is 1.86 bits per heavy atom. The number of benzene rings is 1. The van der Waals surface area contributed by atoms with Crippen LogP contribution in [0.3, 0.4) is 0 Å². The van der Waals surface area contributed by atoms with Gasteiger partial charge in [0.05, 0.1) is 0 Å². The summed E-state index contributed by atoms with van der Waals surface area (Å²) < 4.78 is 0. The largest absolute Gasteiger partial charge is 0.317 e. The van der Waals surface area contributed by atoms with Crippen molar-refractivity contribution in [1.82, 2.24) is 10.2 Å². The van der Waals surface area contributed by atoms with E-state index in [1.54, 1.807) is 11.1 Å². The predicted octanol–water partition coefficient (Wildman–Crippen LogP) is 3.78. The van der Waals surface area contributed by atoms with Crippen LogP contribution in [0.5, 0.6) is 0 Å². The summed E-state index contributed by atoms with van der Waals surface area (Å²) in [6.07, 6.45) is 6.77. The van der Waals surface area contributed by atoms with Gasteiger partial charge in [-0.2, -0.15) is 0 Å². The Kier molecular flexibility index (Phi) is 5.32. The van der Waals surface area contributed by atoms with E-state index in [-0.39, 0.29) is 0 Å². The lowest BCUT2D eigenvalue weighted by Gasteiger charge is -2.30. The maximum atomic E-state index is 3.48. The molecule has 2 aliphatic rings. The molecular formula is C19H30N2. The summed E-state index contributed by atoms with van der Waals surface area (Å²) >= 11 is 0. The first kappa shape index (κ1) is 15.1. The number of nitrogens with zero attached hydrogens (tertiary/aromatic N) is 1. The van der Waals surface area contributed by atoms with E-state index in [2.05, 4.69) is 41.4 Å². The van der Waals surface area contributed by atoms with E-state index in [0.29, 0.717) is 0 Å². The van der Waals surface area contributed by atoms with Crippen LogP contribution < -0.4 is 5.32 Å². The van der Waals surface area contributed by atoms with Crippen LogP contribution in [-0.4, -0.2) is 31.1 Å². The molecule has 2 nitrogen and oxygen atoms in total. The molecule has 1 saturated heterocycles. The molecule has 0 unspecified atom stereocenters. The first-order valence-corrected chi connectivity index (χ1v) is 8.87. The molecule has 1 aromatic carbocycles. The van der Waals surface area contributed by atoms with E-state index in [1.165, 1.54) is 58.3 Å². The molecule has 1 aromatic rings. The molecule has 2 fully saturated rings. The average molecular weight is 286 g/mol. The van der Waals surface area contributed by atoms with Crippen molar-refractivity contribution in [3.05, 3.63) is 35.4 Å². The van der Waals surface area contributed by atoms with Gasteiger partial charge in [0.25, 0.3) is 0 Å². The second-order valence-electron chi connectivity index (χ2n) is 6.90. The SMILES string of the molecule is CCCN(Cc1ccccc1C1CC1)CC1CCNCC1. The lowest BCUT2D eigenvalue weighted by atomic mass is 9.96. The first-order chi connectivity index (χ1) is 10.4. The maximum absolute atomic E-state index is 3.48. The summed E-state index contributed by atoms with van der Waals surface area (Å²) in [6.45, 7) is 8.41. The Labute approximate surface area is 129 Å². The molecule has 0 atom stereocenters. The highest BCUT2D eigenvalue weighted by atomic mass is 15.1. The molecule has 1 aliphatic carbocycles. The molecule has 1 N–H and O–H groups in total. The van der Waals surface area contributed by atoms with Crippen LogP contribution in [0, 0.1) is 5.92 Å². The van der Waals surface area contributed by atoms with Crippen LogP contribution in [0.4, 0.5) is 0 Å². The first-order valence-electron chi connectivity index (χ1n) is 8.87. The van der Waals surface area contributed by atoms with Gasteiger partial charge in [-0.15, -0.1) is 0 Å². The van der Waals surface area contributed by atoms with Gasteiger partial charge >= 0.3 is 0 Å². The lowest BCUT2D eigenvalue weighted by Crippen LogP contribution is -2.36. The number of rotatable bonds is 7. The van der Waals surface area contributed by atoms with Gasteiger partial charge in [0.1, 0.15) is 0 Å². The molecule has 21 heavy (non-hydrogen) atoms. The van der Waals surface area contributed by atoms with Crippen molar-refractivity contribution in [1.29, 1.82) is 0 Å². The highest BCUT2D eigenvalue weighted by Crippen LogP contribution is 2.41. The Morgan fingerprint density at radius 3 is 2.57 bits per heavy atom. The molecule has 2 heteroatoms. The van der Waals surface area contributed by atoms with E-state index in [1.807, 2.05) is 0 Å². The number of hydrogen-bond acceptors (Lipinski definition) is 2. The van der Waals surface area contributed by atoms with Crippen LogP contribution in [0.15, 0.2) is 24.3 Å². The van der Waals surface area contributed by atoms with Crippen molar-refractivity contribution in [2.45, 2.75) is 51.5 Å². The van der Waals surface area contributed by atoms with E-state index < -0.39 is 0 Å². The molecule has 3 rings (SSSR count). The quantitative estimate of drug-likeness (QED) is 0.820. The topological polar surface area (TPSA) is 15.3 Å². The van der Waals surface area contributed by atoms with E-state index in [4.69, 9.17) is 0 Å². The summed E-state index contributed by atoms with van der Waals surface area (Å²) in [5.41, 5.74) is 3.21. The molecule has 1 heterocycles. The second-order valence-corrected chi connectivity index (χ2v) is 6.90. The van der Waals surface area contributed by atoms with Crippen molar-refractivity contribution in [3.8, 4) is 0 Å². The summed E-state index contributed by atoms with van der Waals surface area (Å²) in [7, 11) is 0. The third kappa shape index (κ3) is 4.31. The third-order valence-electron chi connectivity index (χ3n) is 4.98. The van der Waals surface area contributed by atoms with Gasteiger partial charge < -0.3 is 5.32 Å². The zero-order chi connectivity index (χ0) is 14.5. The number of nitrogens with one attached hydrogen (secondary N) is 1. The van der Waals surface area contributed by atoms with Gasteiger partial charge in [-0.3, -0.25) is 4.90 Å². The summed E-state index contributed by atoms with van der Waals surface area (Å²) in [5, 5.41) is 3.48. The van der Waals surface area contributed by atoms with Gasteiger partial charge in [0, 0.05) is 13.1 Å². The lowest BCUT2D eigenvalue weighted by molar-refractivity contribution is 0.198. The zero-order valence-electron chi connectivity index (χ0n) is 13.5. The standard InChI is InChI=1S/C19H30N2/c1-2-13-21(14-16-9-11-20-12-10-16)15-18-5-3-4-6-19(18)17-7-8-17/h3-6,16-17,20H,2,7-15H2,1H3. The Hall–Kier alpha value is -0.860. The van der Waals surface area contributed by atoms with Crippen LogP contribution in [0.2, 0.25) is 0 Å². The second kappa shape index (κ2) is 7.42. The monoisotopic (exact) mass is 286 g/mol. The molecule has 0 bridgehead atoms. The Balaban J connectivity index is 1.63. The fraction of sp³-hybridized carbons (Fsp3) is 0.684. The predicted molar refractivity (Wildman–Crippen MR) is 89.6 cm³/mol. The molecule has 0 spiro atoms. The van der Waals surface area contributed by atoms with Gasteiger partial charge in [-0.05, 0) is 74.7 Å². The summed E-state index contributed by atoms with van der Waals surface area (Å²) in [5.74, 6) is 1.76. The molecule has 1 saturated carbocycles. The molecule has 0 amide bonds. The van der Waals surface area contributed by atoms with Crippen LogP contribution in [0.1, 0.15) is 56.1 Å². The van der Waals surface area contributed by atoms with Gasteiger partial charge in [0.2, 0.25) is 0 Å². The number of piperidine rings is 1. The van der Waals surface area contributed by atoms with E-state index in [9.17, 15) is 0 Å². The van der Waals surface area contributed by atoms with E-state index in [0.717, 1.165) is 18.4 Å². The fourth-order valence-electron chi connectivity index (χ4n) is 3.69. The molecule has 0 aromatic heterocycles. The molecule has 116 valence electrons. The fourth-order valence-corrected chi connectivity index (χ4v) is 3.69. The van der Waals surface area contributed by atoms with Crippen molar-refractivity contribution < 1.29 is 0 Å². The minimum absolute atomic E-state index is 0.864. The van der Waals surface area contributed by atoms with Crippen molar-refractivity contribution >= 4 is 0 Å². The van der Waals surface area contributed by atoms with Gasteiger partial charge in [-0.1, -0.05) is 31.2 Å². The third-order valence-corrected chi connectivity index (χ3v) is 4.98. The minimum Gasteiger partial charge on any atom is -0.317 e. The number of hydrogen-bond donors (Lipinski definition) is 1. The average Bonchev–Trinajstić information content (AvgIpc) is 3.34. The maximum Gasteiger partial charge on any atom is 0.0236 e. The zero-order valence-corrected chi connectivity index (χ0v) is 13.5. The van der Waals surface area contributed by atoms with Gasteiger partial charge in [-0.25, -0.2) is 0 Å². The Morgan fingerprint density at radius 1 is 1.10 bits per heavy atom. The van der Waals surface area contributed by atoms with Crippen LogP contribution in [-0.2, 0) is 6.54 Å². The normalized spacial score (nSPS) is 20.1. The van der Waals surface area contributed by atoms with Crippen molar-refractivity contribution in [2.24, 2.45) is 5.92 Å². The highest BCUT2D eigenvalue weighted by molar-refractivity contribution is 5.33. The highest BCUT2D eigenvalue weighted by Gasteiger charge is 2.26. The van der Waals surface area contributed by atoms with Gasteiger partial charge in [0.15, 0.2) is 0 Å². The summed E-state index contributed by atoms with van der Waals surface area (Å²) in [4.78, 5) is 2.71. The molecular weight excluding hydrogens is 256 g/mol. The molecule has 1 aliphatic heterocycles. The Bertz CT molecular complexity index is 433. The molecule has 0 radical (unpaired) electrons. The minimum atomic E-state index is 0.864. The summed E-state index contributed by atoms with van der Waals surface area (Å²) in [6, 6.07) is 9.16. The van der Waals surface area contributed by atoms with E-state index >= 15 is 0 Å².